The summed E-state index contributed by atoms with van der Waals surface area (Å²) in [6.07, 6.45) is 0. The third kappa shape index (κ3) is 3.37. The Morgan fingerprint density at radius 3 is 2.65 bits per heavy atom. The van der Waals surface area contributed by atoms with Crippen molar-refractivity contribution >= 4 is 17.5 Å². The highest BCUT2D eigenvalue weighted by Gasteiger charge is 2.14. The van der Waals surface area contributed by atoms with Gasteiger partial charge in [0.05, 0.1) is 22.7 Å². The van der Waals surface area contributed by atoms with Crippen LogP contribution in [0.3, 0.4) is 0 Å². The van der Waals surface area contributed by atoms with E-state index in [1.165, 1.54) is 12.1 Å². The van der Waals surface area contributed by atoms with Crippen LogP contribution in [0.15, 0.2) is 52.9 Å². The van der Waals surface area contributed by atoms with Crippen molar-refractivity contribution in [2.45, 2.75) is 6.54 Å². The Kier molecular flexibility index (Phi) is 4.34. The molecule has 0 saturated carbocycles. The molecule has 116 valence electrons. The SMILES string of the molecule is O=C(NCc1nnc(-c2ccccc2F)o1)c1ccccc1Cl. The van der Waals surface area contributed by atoms with Gasteiger partial charge in [-0.2, -0.15) is 0 Å². The lowest BCUT2D eigenvalue weighted by atomic mass is 10.2. The lowest BCUT2D eigenvalue weighted by Crippen LogP contribution is -2.23. The van der Waals surface area contributed by atoms with Crippen LogP contribution >= 0.6 is 11.6 Å². The zero-order chi connectivity index (χ0) is 16.2. The molecule has 0 saturated heterocycles. The molecule has 2 aromatic carbocycles. The van der Waals surface area contributed by atoms with Crippen molar-refractivity contribution in [3.05, 3.63) is 70.8 Å². The van der Waals surface area contributed by atoms with Crippen molar-refractivity contribution in [3.63, 3.8) is 0 Å². The predicted octanol–water partition coefficient (Wildman–Crippen LogP) is 3.46. The summed E-state index contributed by atoms with van der Waals surface area (Å²) in [5.41, 5.74) is 0.562. The van der Waals surface area contributed by atoms with Gasteiger partial charge in [0.25, 0.3) is 11.8 Å². The lowest BCUT2D eigenvalue weighted by molar-refractivity contribution is 0.0947. The highest BCUT2D eigenvalue weighted by Crippen LogP contribution is 2.21. The summed E-state index contributed by atoms with van der Waals surface area (Å²) >= 11 is 5.95. The summed E-state index contributed by atoms with van der Waals surface area (Å²) in [7, 11) is 0. The molecule has 23 heavy (non-hydrogen) atoms. The minimum Gasteiger partial charge on any atom is -0.419 e. The van der Waals surface area contributed by atoms with Crippen LogP contribution in [0.1, 0.15) is 16.2 Å². The number of carbonyl (C=O) groups excluding carboxylic acids is 1. The fourth-order valence-corrected chi connectivity index (χ4v) is 2.19. The van der Waals surface area contributed by atoms with E-state index in [1.807, 2.05) is 0 Å². The monoisotopic (exact) mass is 331 g/mol. The number of benzene rings is 2. The molecule has 0 aliphatic heterocycles. The van der Waals surface area contributed by atoms with Crippen LogP contribution in [0.25, 0.3) is 11.5 Å². The Morgan fingerprint density at radius 1 is 1.13 bits per heavy atom. The average molecular weight is 332 g/mol. The molecule has 0 radical (unpaired) electrons. The number of hydrogen-bond donors (Lipinski definition) is 1. The van der Waals surface area contributed by atoms with E-state index in [2.05, 4.69) is 15.5 Å². The quantitative estimate of drug-likeness (QED) is 0.795. The minimum atomic E-state index is -0.456. The third-order valence-electron chi connectivity index (χ3n) is 3.09. The highest BCUT2D eigenvalue weighted by atomic mass is 35.5. The Hall–Kier alpha value is -2.73. The molecule has 1 aromatic heterocycles. The zero-order valence-corrected chi connectivity index (χ0v) is 12.5. The van der Waals surface area contributed by atoms with Crippen LogP contribution < -0.4 is 5.32 Å². The molecule has 1 heterocycles. The number of carbonyl (C=O) groups is 1. The van der Waals surface area contributed by atoms with Crippen LogP contribution in [0.4, 0.5) is 4.39 Å². The van der Waals surface area contributed by atoms with E-state index in [1.54, 1.807) is 36.4 Å². The lowest BCUT2D eigenvalue weighted by Gasteiger charge is -2.04. The van der Waals surface area contributed by atoms with E-state index in [0.29, 0.717) is 10.6 Å². The zero-order valence-electron chi connectivity index (χ0n) is 11.8. The second-order valence-electron chi connectivity index (χ2n) is 4.64. The molecule has 0 bridgehead atoms. The highest BCUT2D eigenvalue weighted by molar-refractivity contribution is 6.33. The van der Waals surface area contributed by atoms with Gasteiger partial charge in [0, 0.05) is 0 Å². The minimum absolute atomic E-state index is 0.0194. The summed E-state index contributed by atoms with van der Waals surface area (Å²) in [6, 6.07) is 12.8. The Bertz CT molecular complexity index is 851. The van der Waals surface area contributed by atoms with E-state index in [4.69, 9.17) is 16.0 Å². The smallest absolute Gasteiger partial charge is 0.253 e. The Morgan fingerprint density at radius 2 is 1.87 bits per heavy atom. The number of nitrogens with one attached hydrogen (secondary N) is 1. The second kappa shape index (κ2) is 6.58. The van der Waals surface area contributed by atoms with Gasteiger partial charge in [0.15, 0.2) is 0 Å². The van der Waals surface area contributed by atoms with Crippen LogP contribution in [-0.2, 0) is 6.54 Å². The van der Waals surface area contributed by atoms with E-state index < -0.39 is 5.82 Å². The first kappa shape index (κ1) is 15.2. The average Bonchev–Trinajstić information content (AvgIpc) is 3.02. The number of hydrogen-bond acceptors (Lipinski definition) is 4. The van der Waals surface area contributed by atoms with Crippen LogP contribution in [0, 0.1) is 5.82 Å². The standard InChI is InChI=1S/C16H11ClFN3O2/c17-12-7-3-1-5-10(12)15(22)19-9-14-20-21-16(23-14)11-6-2-4-8-13(11)18/h1-8H,9H2,(H,19,22). The number of rotatable bonds is 4. The molecule has 0 aliphatic rings. The van der Waals surface area contributed by atoms with E-state index >= 15 is 0 Å². The molecule has 0 aliphatic carbocycles. The van der Waals surface area contributed by atoms with Gasteiger partial charge in [-0.3, -0.25) is 4.79 Å². The maximum atomic E-state index is 13.7. The first-order chi connectivity index (χ1) is 11.1. The Balaban J connectivity index is 1.70. The first-order valence-electron chi connectivity index (χ1n) is 6.75. The van der Waals surface area contributed by atoms with Gasteiger partial charge < -0.3 is 9.73 Å². The van der Waals surface area contributed by atoms with Gasteiger partial charge in [-0.05, 0) is 24.3 Å². The molecule has 5 nitrogen and oxygen atoms in total. The van der Waals surface area contributed by atoms with Gasteiger partial charge >= 0.3 is 0 Å². The van der Waals surface area contributed by atoms with Gasteiger partial charge in [0.2, 0.25) is 5.89 Å². The number of halogens is 2. The Labute approximate surface area is 136 Å². The maximum Gasteiger partial charge on any atom is 0.253 e. The molecular weight excluding hydrogens is 321 g/mol. The number of nitrogens with zero attached hydrogens (tertiary/aromatic N) is 2. The molecule has 3 rings (SSSR count). The van der Waals surface area contributed by atoms with Gasteiger partial charge in [-0.1, -0.05) is 35.9 Å². The van der Waals surface area contributed by atoms with Crippen LogP contribution in [-0.4, -0.2) is 16.1 Å². The van der Waals surface area contributed by atoms with Crippen molar-refractivity contribution < 1.29 is 13.6 Å². The van der Waals surface area contributed by atoms with Crippen molar-refractivity contribution in [3.8, 4) is 11.5 Å². The molecule has 0 unspecified atom stereocenters. The van der Waals surface area contributed by atoms with Gasteiger partial charge in [0.1, 0.15) is 5.82 Å². The van der Waals surface area contributed by atoms with Crippen molar-refractivity contribution in [1.82, 2.24) is 15.5 Å². The van der Waals surface area contributed by atoms with Crippen molar-refractivity contribution in [1.29, 1.82) is 0 Å². The predicted molar refractivity (Wildman–Crippen MR) is 82.3 cm³/mol. The summed E-state index contributed by atoms with van der Waals surface area (Å²) in [4.78, 5) is 12.0. The molecule has 0 atom stereocenters. The third-order valence-corrected chi connectivity index (χ3v) is 3.42. The summed E-state index contributed by atoms with van der Waals surface area (Å²) in [5, 5.41) is 10.5. The first-order valence-corrected chi connectivity index (χ1v) is 7.13. The fourth-order valence-electron chi connectivity index (χ4n) is 1.97. The molecule has 3 aromatic rings. The maximum absolute atomic E-state index is 13.7. The second-order valence-corrected chi connectivity index (χ2v) is 5.05. The molecule has 1 amide bonds. The number of amides is 1. The molecule has 0 spiro atoms. The van der Waals surface area contributed by atoms with E-state index in [9.17, 15) is 9.18 Å². The summed E-state index contributed by atoms with van der Waals surface area (Å²) in [6.45, 7) is 0.0194. The fraction of sp³-hybridized carbons (Fsp3) is 0.0625. The summed E-state index contributed by atoms with van der Waals surface area (Å²) < 4.78 is 19.0. The molecular formula is C16H11ClFN3O2. The van der Waals surface area contributed by atoms with Crippen molar-refractivity contribution in [2.75, 3.05) is 0 Å². The largest absolute Gasteiger partial charge is 0.419 e. The normalized spacial score (nSPS) is 10.5. The van der Waals surface area contributed by atoms with Crippen molar-refractivity contribution in [2.24, 2.45) is 0 Å². The van der Waals surface area contributed by atoms with Gasteiger partial charge in [-0.25, -0.2) is 4.39 Å². The molecule has 0 fully saturated rings. The van der Waals surface area contributed by atoms with Crippen LogP contribution in [0.5, 0.6) is 0 Å². The van der Waals surface area contributed by atoms with Crippen LogP contribution in [0.2, 0.25) is 5.02 Å². The molecule has 7 heteroatoms. The van der Waals surface area contributed by atoms with Gasteiger partial charge in [-0.15, -0.1) is 10.2 Å². The molecule has 1 N–H and O–H groups in total. The summed E-state index contributed by atoms with van der Waals surface area (Å²) in [5.74, 6) is -0.585. The van der Waals surface area contributed by atoms with E-state index in [0.717, 1.165) is 0 Å². The topological polar surface area (TPSA) is 68.0 Å². The number of aromatic nitrogens is 2. The van der Waals surface area contributed by atoms with E-state index in [-0.39, 0.29) is 29.8 Å².